The average molecular weight is 562 g/mol. The molecule has 4 rings (SSSR count). The molecule has 4 aromatic rings. The summed E-state index contributed by atoms with van der Waals surface area (Å²) in [6, 6.07) is 3.31. The molecule has 0 fully saturated rings. The number of rotatable bonds is 5. The van der Waals surface area contributed by atoms with Gasteiger partial charge in [0, 0.05) is 33.0 Å². The summed E-state index contributed by atoms with van der Waals surface area (Å²) in [7, 11) is 0. The minimum absolute atomic E-state index is 0.00512. The Balaban J connectivity index is 0.00000147. The summed E-state index contributed by atoms with van der Waals surface area (Å²) >= 11 is 0. The molecule has 0 unspecified atom stereocenters. The van der Waals surface area contributed by atoms with Crippen molar-refractivity contribution in [2.45, 2.75) is 53.4 Å². The zero-order valence-corrected chi connectivity index (χ0v) is 23.4. The predicted molar refractivity (Wildman–Crippen MR) is 154 cm³/mol. The lowest BCUT2D eigenvalue weighted by Gasteiger charge is -2.23. The molecule has 10 nitrogen and oxygen atoms in total. The van der Waals surface area contributed by atoms with E-state index in [4.69, 9.17) is 10.2 Å². The lowest BCUT2D eigenvalue weighted by molar-refractivity contribution is 0.111. The Morgan fingerprint density at radius 3 is 1.17 bits per heavy atom. The number of phenolic OH excluding ortho intramolecular Hbond substituents is 6. The fourth-order valence-corrected chi connectivity index (χ4v) is 5.60. The van der Waals surface area contributed by atoms with E-state index in [0.717, 1.165) is 6.08 Å². The van der Waals surface area contributed by atoms with Crippen LogP contribution in [0.1, 0.15) is 82.5 Å². The zero-order chi connectivity index (χ0) is 31.1. The molecule has 0 bridgehead atoms. The molecular formula is C31H31NO9. The summed E-state index contributed by atoms with van der Waals surface area (Å²) in [5.74, 6) is -3.57. The van der Waals surface area contributed by atoms with Crippen LogP contribution in [-0.4, -0.2) is 49.3 Å². The summed E-state index contributed by atoms with van der Waals surface area (Å²) in [5.41, 5.74) is 1.33. The lowest BCUT2D eigenvalue weighted by Crippen LogP contribution is -2.01. The maximum atomic E-state index is 12.0. The molecule has 0 aliphatic carbocycles. The molecule has 0 spiro atoms. The molecular weight excluding hydrogens is 530 g/mol. The van der Waals surface area contributed by atoms with E-state index in [1.807, 2.05) is 0 Å². The number of carbonyl (C=O) groups excluding carboxylic acids is 3. The van der Waals surface area contributed by atoms with Gasteiger partial charge < -0.3 is 30.6 Å². The number of aromatic hydroxyl groups is 6. The number of fused-ring (bicyclic) bond motifs is 2. The van der Waals surface area contributed by atoms with E-state index >= 15 is 0 Å². The first kappa shape index (κ1) is 30.5. The maximum absolute atomic E-state index is 12.0. The Kier molecular flexibility index (Phi) is 8.31. The van der Waals surface area contributed by atoms with Gasteiger partial charge in [-0.15, -0.1) is 0 Å². The van der Waals surface area contributed by atoms with Crippen molar-refractivity contribution in [3.8, 4) is 45.6 Å². The van der Waals surface area contributed by atoms with Crippen molar-refractivity contribution in [1.29, 1.82) is 5.41 Å². The molecule has 4 aromatic carbocycles. The minimum atomic E-state index is -0.661. The van der Waals surface area contributed by atoms with Gasteiger partial charge in [-0.05, 0) is 47.6 Å². The topological polar surface area (TPSA) is 196 Å². The monoisotopic (exact) mass is 561 g/mol. The number of benzene rings is 4. The number of phenols is 6. The molecule has 0 radical (unpaired) electrons. The van der Waals surface area contributed by atoms with Crippen LogP contribution in [0.15, 0.2) is 12.1 Å². The van der Waals surface area contributed by atoms with E-state index in [9.17, 15) is 40.2 Å². The summed E-state index contributed by atoms with van der Waals surface area (Å²) in [6.45, 7) is 10.5. The molecule has 0 heterocycles. The highest BCUT2D eigenvalue weighted by atomic mass is 16.3. The van der Waals surface area contributed by atoms with Gasteiger partial charge in [-0.1, -0.05) is 39.8 Å². The molecule has 0 amide bonds. The van der Waals surface area contributed by atoms with E-state index in [-0.39, 0.29) is 44.9 Å². The van der Waals surface area contributed by atoms with Crippen LogP contribution < -0.4 is 0 Å². The zero-order valence-electron chi connectivity index (χ0n) is 23.4. The first-order valence-corrected chi connectivity index (χ1v) is 12.6. The van der Waals surface area contributed by atoms with Crippen LogP contribution in [0.2, 0.25) is 0 Å². The number of isocyanates is 1. The van der Waals surface area contributed by atoms with E-state index in [1.165, 1.54) is 0 Å². The molecule has 0 atom stereocenters. The van der Waals surface area contributed by atoms with Crippen LogP contribution in [0.3, 0.4) is 0 Å². The van der Waals surface area contributed by atoms with Gasteiger partial charge in [-0.25, -0.2) is 10.2 Å². The van der Waals surface area contributed by atoms with E-state index < -0.39 is 34.5 Å². The second-order valence-electron chi connectivity index (χ2n) is 10.4. The summed E-state index contributed by atoms with van der Waals surface area (Å²) in [5, 5.41) is 71.8. The van der Waals surface area contributed by atoms with Gasteiger partial charge in [0.05, 0.1) is 11.1 Å². The van der Waals surface area contributed by atoms with E-state index in [0.29, 0.717) is 45.6 Å². The smallest absolute Gasteiger partial charge is 0.231 e. The summed E-state index contributed by atoms with van der Waals surface area (Å²) in [6.07, 6.45) is 1.43. The second kappa shape index (κ2) is 11.2. The Morgan fingerprint density at radius 1 is 0.634 bits per heavy atom. The maximum Gasteiger partial charge on any atom is 0.231 e. The van der Waals surface area contributed by atoms with Crippen molar-refractivity contribution >= 4 is 40.2 Å². The highest BCUT2D eigenvalue weighted by Gasteiger charge is 2.29. The number of aryl methyl sites for hydroxylation is 2. The van der Waals surface area contributed by atoms with Gasteiger partial charge in [0.2, 0.25) is 6.08 Å². The molecule has 0 aliphatic heterocycles. The molecule has 0 saturated carbocycles. The van der Waals surface area contributed by atoms with Crippen molar-refractivity contribution < 1.29 is 45.0 Å². The largest absolute Gasteiger partial charge is 0.507 e. The number of hydrogen-bond donors (Lipinski definition) is 7. The summed E-state index contributed by atoms with van der Waals surface area (Å²) < 4.78 is 0. The number of aldehydes is 2. The van der Waals surface area contributed by atoms with Crippen LogP contribution in [0.4, 0.5) is 0 Å². The van der Waals surface area contributed by atoms with Crippen molar-refractivity contribution in [2.75, 3.05) is 0 Å². The van der Waals surface area contributed by atoms with Gasteiger partial charge in [0.1, 0.15) is 11.5 Å². The molecule has 0 saturated heterocycles. The van der Waals surface area contributed by atoms with Crippen LogP contribution in [0.5, 0.6) is 34.5 Å². The standard InChI is InChI=1S/C30H30O8.CHNO/c1-11(2)19-15-7-13(5)21(27(35)23(15)17(9-31)25(33)29(19)37)22-14(6)8-16-20(12(3)4)30(38)26(34)18(10-32)24(16)28(22)36;2-1-3/h7-12,33-38H,1-6H3;2H. The third-order valence-electron chi connectivity index (χ3n) is 7.22. The third-order valence-corrected chi connectivity index (χ3v) is 7.22. The van der Waals surface area contributed by atoms with Crippen molar-refractivity contribution in [1.82, 2.24) is 0 Å². The van der Waals surface area contributed by atoms with E-state index in [1.54, 1.807) is 53.7 Å². The molecule has 0 aliphatic rings. The Bertz CT molecular complexity index is 1650. The molecule has 10 heteroatoms. The number of hydrogen-bond acceptors (Lipinski definition) is 10. The molecule has 0 aromatic heterocycles. The van der Waals surface area contributed by atoms with Gasteiger partial charge in [0.15, 0.2) is 35.6 Å². The van der Waals surface area contributed by atoms with Crippen molar-refractivity contribution in [3.05, 3.63) is 45.5 Å². The Labute approximate surface area is 235 Å². The minimum Gasteiger partial charge on any atom is -0.507 e. The van der Waals surface area contributed by atoms with Gasteiger partial charge >= 0.3 is 0 Å². The molecule has 7 N–H and O–H groups in total. The fraction of sp³-hybridized carbons (Fsp3) is 0.258. The quantitative estimate of drug-likeness (QED) is 0.0634. The van der Waals surface area contributed by atoms with Crippen LogP contribution in [0.25, 0.3) is 32.7 Å². The van der Waals surface area contributed by atoms with Gasteiger partial charge in [-0.3, -0.25) is 9.59 Å². The SMILES string of the molecule is Cc1cc2c(C(C)C)c(O)c(O)c(C=O)c2c(O)c1-c1c(C)cc2c(C(C)C)c(O)c(O)c(C=O)c2c1O.N=C=O. The normalized spacial score (nSPS) is 11.0. The number of nitrogens with one attached hydrogen (secondary N) is 1. The average Bonchev–Trinajstić information content (AvgIpc) is 2.88. The van der Waals surface area contributed by atoms with E-state index in [2.05, 4.69) is 0 Å². The highest BCUT2D eigenvalue weighted by Crippen LogP contribution is 2.54. The molecule has 214 valence electrons. The van der Waals surface area contributed by atoms with Gasteiger partial charge in [0.25, 0.3) is 0 Å². The van der Waals surface area contributed by atoms with Crippen molar-refractivity contribution in [3.63, 3.8) is 0 Å². The second-order valence-corrected chi connectivity index (χ2v) is 10.4. The predicted octanol–water partition coefficient (Wildman–Crippen LogP) is 6.28. The first-order chi connectivity index (χ1) is 19.2. The van der Waals surface area contributed by atoms with Crippen LogP contribution in [-0.2, 0) is 4.79 Å². The lowest BCUT2D eigenvalue weighted by atomic mass is 9.83. The fourth-order valence-electron chi connectivity index (χ4n) is 5.60. The van der Waals surface area contributed by atoms with Crippen LogP contribution >= 0.6 is 0 Å². The van der Waals surface area contributed by atoms with Crippen LogP contribution in [0, 0.1) is 19.3 Å². The Morgan fingerprint density at radius 2 is 0.927 bits per heavy atom. The number of carbonyl (C=O) groups is 2. The highest BCUT2D eigenvalue weighted by molar-refractivity contribution is 6.14. The molecule has 41 heavy (non-hydrogen) atoms. The third kappa shape index (κ3) is 4.58. The Hall–Kier alpha value is -5.08. The van der Waals surface area contributed by atoms with Crippen molar-refractivity contribution in [2.24, 2.45) is 0 Å². The first-order valence-electron chi connectivity index (χ1n) is 12.6. The van der Waals surface area contributed by atoms with Gasteiger partial charge in [-0.2, -0.15) is 0 Å². The summed E-state index contributed by atoms with van der Waals surface area (Å²) in [4.78, 5) is 32.3.